The van der Waals surface area contributed by atoms with E-state index in [2.05, 4.69) is 76.5 Å². The number of nitrogens with zero attached hydrogens (tertiary/aromatic N) is 6. The van der Waals surface area contributed by atoms with E-state index in [4.69, 9.17) is 11.6 Å². The lowest BCUT2D eigenvalue weighted by atomic mass is 9.99. The Hall–Kier alpha value is -6.10. The smallest absolute Gasteiger partial charge is 0.293 e. The molecule has 0 saturated carbocycles. The Morgan fingerprint density at radius 2 is 1.59 bits per heavy atom. The quantitative estimate of drug-likeness (QED) is 0.0306. The van der Waals surface area contributed by atoms with Crippen LogP contribution in [0, 0.1) is 10.1 Å². The Balaban J connectivity index is 0.917. The molecule has 2 aromatic heterocycles. The van der Waals surface area contributed by atoms with E-state index in [1.165, 1.54) is 29.6 Å². The lowest BCUT2D eigenvalue weighted by Gasteiger charge is -2.36. The molecule has 0 radical (unpaired) electrons. The molecule has 1 atom stereocenters. The van der Waals surface area contributed by atoms with Gasteiger partial charge in [0.2, 0.25) is 0 Å². The number of rotatable bonds is 19. The van der Waals surface area contributed by atoms with Crippen molar-refractivity contribution in [2.24, 2.45) is 0 Å². The summed E-state index contributed by atoms with van der Waals surface area (Å²) in [6.07, 6.45) is 4.54. The Morgan fingerprint density at radius 1 is 0.812 bits per heavy atom. The normalized spacial score (nSPS) is 13.7. The van der Waals surface area contributed by atoms with Gasteiger partial charge < -0.3 is 15.5 Å². The average Bonchev–Trinajstić information content (AvgIpc) is 3.32. The van der Waals surface area contributed by atoms with Crippen molar-refractivity contribution in [2.45, 2.75) is 35.2 Å². The highest BCUT2D eigenvalue weighted by Gasteiger charge is 2.25. The number of nitro benzene ring substituents is 1. The maximum atomic E-state index is 13.9. The molecular weight excluding hydrogens is 866 g/mol. The van der Waals surface area contributed by atoms with E-state index < -0.39 is 14.9 Å². The topological polar surface area (TPSA) is 159 Å². The molecule has 16 heteroatoms. The molecule has 3 heterocycles. The first kappa shape index (κ1) is 44.5. The van der Waals surface area contributed by atoms with Gasteiger partial charge in [-0.15, -0.1) is 11.8 Å². The van der Waals surface area contributed by atoms with Crippen LogP contribution in [0.15, 0.2) is 156 Å². The number of hydrogen-bond acceptors (Lipinski definition) is 12. The van der Waals surface area contributed by atoms with Crippen LogP contribution in [0.5, 0.6) is 0 Å². The Bertz CT molecular complexity index is 2780. The summed E-state index contributed by atoms with van der Waals surface area (Å²) in [5.41, 5.74) is 6.02. The van der Waals surface area contributed by atoms with Gasteiger partial charge >= 0.3 is 0 Å². The predicted molar refractivity (Wildman–Crippen MR) is 258 cm³/mol. The first-order valence-electron chi connectivity index (χ1n) is 21.1. The van der Waals surface area contributed by atoms with E-state index in [1.54, 1.807) is 18.0 Å². The molecule has 5 aromatic carbocycles. The fraction of sp³-hybridized carbons (Fsp3) is 0.229. The van der Waals surface area contributed by atoms with Crippen LogP contribution in [-0.4, -0.2) is 84.3 Å². The van der Waals surface area contributed by atoms with Gasteiger partial charge in [-0.05, 0) is 96.4 Å². The standard InChI is InChI=1S/C48H48ClN9O4S2/c49-37-15-13-35(14-16-37)43-12-5-4-8-36(43)32-56-26-28-57(29-27-56)40-17-19-44-46(30-40)52-34-53-48(44)55-64(61,62)42-18-20-45(47(31-42)58(59)60)54-39(33-63-41-10-2-1-3-11-41)22-25-50-24-21-38-9-6-7-23-51-38/h1-20,23,30-31,34,39,50,54H,21-22,24-29,32-33H2,(H,52,53,55)/t39-/m1/s1. The molecule has 328 valence electrons. The van der Waals surface area contributed by atoms with Crippen LogP contribution in [-0.2, 0) is 23.0 Å². The van der Waals surface area contributed by atoms with Gasteiger partial charge in [0.1, 0.15) is 12.0 Å². The molecular formula is C48H48ClN9O4S2. The third-order valence-electron chi connectivity index (χ3n) is 11.1. The van der Waals surface area contributed by atoms with Crippen molar-refractivity contribution in [1.82, 2.24) is 25.2 Å². The minimum absolute atomic E-state index is 0.0825. The average molecular weight is 915 g/mol. The van der Waals surface area contributed by atoms with Crippen molar-refractivity contribution < 1.29 is 13.3 Å². The third-order valence-corrected chi connectivity index (χ3v) is 13.9. The summed E-state index contributed by atoms with van der Waals surface area (Å²) in [6, 6.07) is 41.6. The van der Waals surface area contributed by atoms with E-state index >= 15 is 0 Å². The number of piperazine rings is 1. The highest BCUT2D eigenvalue weighted by molar-refractivity contribution is 7.99. The molecule has 0 unspecified atom stereocenters. The van der Waals surface area contributed by atoms with Gasteiger partial charge in [-0.2, -0.15) is 0 Å². The highest BCUT2D eigenvalue weighted by Crippen LogP contribution is 2.33. The van der Waals surface area contributed by atoms with Crippen molar-refractivity contribution in [3.8, 4) is 11.1 Å². The summed E-state index contributed by atoms with van der Waals surface area (Å²) in [6.45, 7) is 5.55. The molecule has 0 amide bonds. The minimum Gasteiger partial charge on any atom is -0.376 e. The second-order valence-corrected chi connectivity index (χ2v) is 18.7. The molecule has 64 heavy (non-hydrogen) atoms. The van der Waals surface area contributed by atoms with Crippen molar-refractivity contribution in [2.75, 3.05) is 60.0 Å². The SMILES string of the molecule is O=[N+]([O-])c1cc(S(=O)(=O)Nc2ncnc3cc(N4CCN(Cc5ccccc5-c5ccc(Cl)cc5)CC4)ccc23)ccc1N[C@H](CCNCCc1ccccn1)CSc1ccccc1. The Morgan fingerprint density at radius 3 is 2.38 bits per heavy atom. The summed E-state index contributed by atoms with van der Waals surface area (Å²) in [4.78, 5) is 30.6. The molecule has 1 saturated heterocycles. The molecule has 1 aliphatic heterocycles. The number of pyridine rings is 1. The number of halogens is 1. The van der Waals surface area contributed by atoms with Crippen molar-refractivity contribution in [1.29, 1.82) is 0 Å². The molecule has 7 aromatic rings. The van der Waals surface area contributed by atoms with E-state index in [0.717, 1.165) is 73.6 Å². The fourth-order valence-electron chi connectivity index (χ4n) is 7.73. The monoisotopic (exact) mass is 913 g/mol. The van der Waals surface area contributed by atoms with Crippen LogP contribution in [0.25, 0.3) is 22.0 Å². The second kappa shape index (κ2) is 21.1. The molecule has 0 aliphatic carbocycles. The summed E-state index contributed by atoms with van der Waals surface area (Å²) < 4.78 is 30.3. The first-order chi connectivity index (χ1) is 31.2. The highest BCUT2D eigenvalue weighted by atomic mass is 35.5. The number of nitrogens with one attached hydrogen (secondary N) is 3. The molecule has 1 fully saturated rings. The van der Waals surface area contributed by atoms with Crippen LogP contribution >= 0.6 is 23.4 Å². The summed E-state index contributed by atoms with van der Waals surface area (Å²) in [5, 5.41) is 20.5. The number of sulfonamides is 1. The van der Waals surface area contributed by atoms with Crippen LogP contribution in [0.1, 0.15) is 17.7 Å². The van der Waals surface area contributed by atoms with Crippen LogP contribution < -0.4 is 20.3 Å². The zero-order valence-corrected chi connectivity index (χ0v) is 37.4. The zero-order valence-electron chi connectivity index (χ0n) is 35.0. The number of anilines is 3. The fourth-order valence-corrected chi connectivity index (χ4v) is 9.90. The van der Waals surface area contributed by atoms with E-state index in [-0.39, 0.29) is 28.1 Å². The number of nitro groups is 1. The summed E-state index contributed by atoms with van der Waals surface area (Å²) in [5.74, 6) is 0.712. The lowest BCUT2D eigenvalue weighted by molar-refractivity contribution is -0.384. The van der Waals surface area contributed by atoms with Crippen LogP contribution in [0.4, 0.5) is 22.9 Å². The zero-order chi connectivity index (χ0) is 44.3. The van der Waals surface area contributed by atoms with Crippen LogP contribution in [0.2, 0.25) is 5.02 Å². The Kier molecular flexibility index (Phi) is 14.6. The number of hydrogen-bond donors (Lipinski definition) is 3. The largest absolute Gasteiger partial charge is 0.376 e. The maximum Gasteiger partial charge on any atom is 0.293 e. The summed E-state index contributed by atoms with van der Waals surface area (Å²) >= 11 is 7.80. The van der Waals surface area contributed by atoms with Gasteiger partial charge in [-0.3, -0.25) is 24.7 Å². The number of aromatic nitrogens is 3. The number of thioether (sulfide) groups is 1. The van der Waals surface area contributed by atoms with Crippen molar-refractivity contribution >= 4 is 67.2 Å². The van der Waals surface area contributed by atoms with Gasteiger partial charge in [-0.25, -0.2) is 18.4 Å². The maximum absolute atomic E-state index is 13.9. The number of fused-ring (bicyclic) bond motifs is 1. The van der Waals surface area contributed by atoms with E-state index in [1.807, 2.05) is 78.9 Å². The molecule has 0 bridgehead atoms. The van der Waals surface area contributed by atoms with Gasteiger partial charge in [-0.1, -0.05) is 72.3 Å². The molecule has 3 N–H and O–H groups in total. The van der Waals surface area contributed by atoms with Gasteiger partial charge in [0, 0.05) is 96.4 Å². The Labute approximate surface area is 382 Å². The van der Waals surface area contributed by atoms with Crippen molar-refractivity contribution in [3.05, 3.63) is 172 Å². The number of benzene rings is 5. The molecule has 13 nitrogen and oxygen atoms in total. The third kappa shape index (κ3) is 11.5. The van der Waals surface area contributed by atoms with Crippen molar-refractivity contribution in [3.63, 3.8) is 0 Å². The minimum atomic E-state index is -4.29. The summed E-state index contributed by atoms with van der Waals surface area (Å²) in [7, 11) is -4.29. The molecule has 1 aliphatic rings. The van der Waals surface area contributed by atoms with Gasteiger partial charge in [0.05, 0.1) is 15.3 Å². The van der Waals surface area contributed by atoms with Gasteiger partial charge in [0.15, 0.2) is 5.82 Å². The second-order valence-electron chi connectivity index (χ2n) is 15.5. The predicted octanol–water partition coefficient (Wildman–Crippen LogP) is 9.17. The molecule has 8 rings (SSSR count). The molecule has 0 spiro atoms. The van der Waals surface area contributed by atoms with Gasteiger partial charge in [0.25, 0.3) is 15.7 Å². The van der Waals surface area contributed by atoms with E-state index in [9.17, 15) is 18.5 Å². The van der Waals surface area contributed by atoms with E-state index in [0.29, 0.717) is 34.6 Å². The van der Waals surface area contributed by atoms with Crippen LogP contribution in [0.3, 0.4) is 0 Å². The lowest BCUT2D eigenvalue weighted by Crippen LogP contribution is -2.46. The first-order valence-corrected chi connectivity index (χ1v) is 24.0.